The number of nitrogens with zero attached hydrogens (tertiary/aromatic N) is 2. The molecule has 1 aromatic carbocycles. The van der Waals surface area contributed by atoms with E-state index in [1.165, 1.54) is 0 Å². The van der Waals surface area contributed by atoms with E-state index in [1.807, 2.05) is 40.9 Å². The van der Waals surface area contributed by atoms with Crippen molar-refractivity contribution in [3.05, 3.63) is 46.7 Å². The summed E-state index contributed by atoms with van der Waals surface area (Å²) in [7, 11) is 0. The Hall–Kier alpha value is -2.05. The van der Waals surface area contributed by atoms with Gasteiger partial charge in [-0.1, -0.05) is 0 Å². The first-order valence-corrected chi connectivity index (χ1v) is 7.32. The summed E-state index contributed by atoms with van der Waals surface area (Å²) in [6.45, 7) is 0.669. The number of halogens is 1. The van der Waals surface area contributed by atoms with Gasteiger partial charge in [-0.25, -0.2) is 4.98 Å². The number of nitrogens with two attached hydrogens (primary N) is 1. The molecule has 106 valence electrons. The van der Waals surface area contributed by atoms with Gasteiger partial charge < -0.3 is 19.6 Å². The fraction of sp³-hybridized carbons (Fsp3) is 0.133. The van der Waals surface area contributed by atoms with E-state index in [0.29, 0.717) is 6.54 Å². The van der Waals surface area contributed by atoms with E-state index in [0.717, 1.165) is 38.6 Å². The highest BCUT2D eigenvalue weighted by Crippen LogP contribution is 2.36. The third-order valence-electron chi connectivity index (χ3n) is 3.52. The van der Waals surface area contributed by atoms with Crippen LogP contribution in [0.15, 0.2) is 41.0 Å². The van der Waals surface area contributed by atoms with Crippen molar-refractivity contribution in [2.24, 2.45) is 5.73 Å². The van der Waals surface area contributed by atoms with Crippen LogP contribution in [0.25, 0.3) is 16.9 Å². The van der Waals surface area contributed by atoms with E-state index in [9.17, 15) is 0 Å². The Morgan fingerprint density at radius 3 is 2.90 bits per heavy atom. The van der Waals surface area contributed by atoms with Crippen molar-refractivity contribution in [3.8, 4) is 22.8 Å². The molecule has 1 aliphatic heterocycles. The number of benzene rings is 1. The standard InChI is InChI=1S/C15H12BrN3O2/c16-10-2-4-14-18-15(11(6-17)19(14)7-10)9-1-3-12-13(5-9)21-8-20-12/h1-5,7H,6,8,17H2. The average Bonchev–Trinajstić information content (AvgIpc) is 3.09. The quantitative estimate of drug-likeness (QED) is 0.775. The van der Waals surface area contributed by atoms with Gasteiger partial charge in [0.15, 0.2) is 11.5 Å². The molecule has 1 aliphatic rings. The Morgan fingerprint density at radius 1 is 1.19 bits per heavy atom. The third-order valence-corrected chi connectivity index (χ3v) is 3.99. The van der Waals surface area contributed by atoms with Crippen LogP contribution in [0.2, 0.25) is 0 Å². The molecule has 0 aliphatic carbocycles. The summed E-state index contributed by atoms with van der Waals surface area (Å²) >= 11 is 3.48. The molecular formula is C15H12BrN3O2. The van der Waals surface area contributed by atoms with Crippen LogP contribution in [0.4, 0.5) is 0 Å². The maximum absolute atomic E-state index is 5.93. The number of rotatable bonds is 2. The van der Waals surface area contributed by atoms with E-state index in [-0.39, 0.29) is 6.79 Å². The van der Waals surface area contributed by atoms with Crippen molar-refractivity contribution in [3.63, 3.8) is 0 Å². The maximum Gasteiger partial charge on any atom is 0.231 e. The second-order valence-electron chi connectivity index (χ2n) is 4.75. The molecule has 3 aromatic rings. The molecule has 0 atom stereocenters. The molecule has 5 nitrogen and oxygen atoms in total. The van der Waals surface area contributed by atoms with Crippen molar-refractivity contribution in [1.29, 1.82) is 0 Å². The summed E-state index contributed by atoms with van der Waals surface area (Å²) < 4.78 is 13.8. The van der Waals surface area contributed by atoms with E-state index >= 15 is 0 Å². The number of hydrogen-bond donors (Lipinski definition) is 1. The number of ether oxygens (including phenoxy) is 2. The smallest absolute Gasteiger partial charge is 0.231 e. The SMILES string of the molecule is NCc1c(-c2ccc3c(c2)OCO3)nc2ccc(Br)cn12. The lowest BCUT2D eigenvalue weighted by molar-refractivity contribution is 0.174. The van der Waals surface area contributed by atoms with E-state index in [2.05, 4.69) is 20.9 Å². The predicted octanol–water partition coefficient (Wildman–Crippen LogP) is 2.95. The minimum absolute atomic E-state index is 0.265. The van der Waals surface area contributed by atoms with Crippen LogP contribution in [0.3, 0.4) is 0 Å². The highest BCUT2D eigenvalue weighted by Gasteiger charge is 2.18. The Morgan fingerprint density at radius 2 is 2.05 bits per heavy atom. The summed E-state index contributed by atoms with van der Waals surface area (Å²) in [4.78, 5) is 4.69. The molecule has 0 radical (unpaired) electrons. The number of fused-ring (bicyclic) bond motifs is 2. The van der Waals surface area contributed by atoms with Gasteiger partial charge in [-0.15, -0.1) is 0 Å². The van der Waals surface area contributed by atoms with E-state index in [1.54, 1.807) is 0 Å². The zero-order valence-electron chi connectivity index (χ0n) is 11.0. The van der Waals surface area contributed by atoms with Crippen LogP contribution in [-0.2, 0) is 6.54 Å². The molecule has 21 heavy (non-hydrogen) atoms. The Labute approximate surface area is 129 Å². The first-order chi connectivity index (χ1) is 10.3. The molecule has 2 N–H and O–H groups in total. The minimum atomic E-state index is 0.265. The van der Waals surface area contributed by atoms with Crippen molar-refractivity contribution in [1.82, 2.24) is 9.38 Å². The topological polar surface area (TPSA) is 61.8 Å². The van der Waals surface area contributed by atoms with Gasteiger partial charge in [0.25, 0.3) is 0 Å². The molecule has 4 rings (SSSR count). The van der Waals surface area contributed by atoms with Crippen molar-refractivity contribution in [2.45, 2.75) is 6.54 Å². The summed E-state index contributed by atoms with van der Waals surface area (Å²) in [5.41, 5.74) is 9.60. The predicted molar refractivity (Wildman–Crippen MR) is 82.3 cm³/mol. The Balaban J connectivity index is 1.93. The van der Waals surface area contributed by atoms with Gasteiger partial charge >= 0.3 is 0 Å². The second kappa shape index (κ2) is 4.75. The lowest BCUT2D eigenvalue weighted by Gasteiger charge is -2.04. The van der Waals surface area contributed by atoms with Crippen LogP contribution in [0, 0.1) is 0 Å². The first-order valence-electron chi connectivity index (χ1n) is 6.53. The van der Waals surface area contributed by atoms with E-state index < -0.39 is 0 Å². The average molecular weight is 346 g/mol. The number of pyridine rings is 1. The van der Waals surface area contributed by atoms with Crippen molar-refractivity contribution in [2.75, 3.05) is 6.79 Å². The van der Waals surface area contributed by atoms with Gasteiger partial charge in [0.05, 0.1) is 11.4 Å². The van der Waals surface area contributed by atoms with Gasteiger partial charge in [-0.3, -0.25) is 0 Å². The zero-order valence-corrected chi connectivity index (χ0v) is 12.6. The molecule has 3 heterocycles. The molecule has 0 unspecified atom stereocenters. The molecule has 0 saturated carbocycles. The highest BCUT2D eigenvalue weighted by atomic mass is 79.9. The van der Waals surface area contributed by atoms with E-state index in [4.69, 9.17) is 15.2 Å². The van der Waals surface area contributed by atoms with Crippen molar-refractivity contribution >= 4 is 21.6 Å². The Bertz CT molecular complexity index is 844. The molecule has 0 saturated heterocycles. The molecule has 2 aromatic heterocycles. The monoisotopic (exact) mass is 345 g/mol. The van der Waals surface area contributed by atoms with Gasteiger partial charge in [-0.2, -0.15) is 0 Å². The number of imidazole rings is 1. The van der Waals surface area contributed by atoms with Crippen LogP contribution >= 0.6 is 15.9 Å². The van der Waals surface area contributed by atoms with Crippen LogP contribution in [-0.4, -0.2) is 16.2 Å². The number of aromatic nitrogens is 2. The van der Waals surface area contributed by atoms with Crippen LogP contribution in [0.1, 0.15) is 5.69 Å². The van der Waals surface area contributed by atoms with Crippen LogP contribution < -0.4 is 15.2 Å². The molecular weight excluding hydrogens is 334 g/mol. The van der Waals surface area contributed by atoms with Gasteiger partial charge in [0.2, 0.25) is 6.79 Å². The summed E-state index contributed by atoms with van der Waals surface area (Å²) in [5, 5.41) is 0. The fourth-order valence-corrected chi connectivity index (χ4v) is 2.87. The lowest BCUT2D eigenvalue weighted by atomic mass is 10.1. The highest BCUT2D eigenvalue weighted by molar-refractivity contribution is 9.10. The molecule has 0 bridgehead atoms. The summed E-state index contributed by atoms with van der Waals surface area (Å²) in [6.07, 6.45) is 1.97. The minimum Gasteiger partial charge on any atom is -0.454 e. The number of hydrogen-bond acceptors (Lipinski definition) is 4. The first kappa shape index (κ1) is 12.7. The molecule has 0 spiro atoms. The summed E-state index contributed by atoms with van der Waals surface area (Å²) in [5.74, 6) is 1.51. The van der Waals surface area contributed by atoms with Crippen molar-refractivity contribution < 1.29 is 9.47 Å². The fourth-order valence-electron chi connectivity index (χ4n) is 2.54. The van der Waals surface area contributed by atoms with Crippen LogP contribution in [0.5, 0.6) is 11.5 Å². The lowest BCUT2D eigenvalue weighted by Crippen LogP contribution is -2.02. The maximum atomic E-state index is 5.93. The van der Waals surface area contributed by atoms with Gasteiger partial charge in [-0.05, 0) is 46.3 Å². The van der Waals surface area contributed by atoms with Gasteiger partial charge in [0.1, 0.15) is 5.65 Å². The second-order valence-corrected chi connectivity index (χ2v) is 5.67. The third kappa shape index (κ3) is 1.99. The zero-order chi connectivity index (χ0) is 14.4. The molecule has 0 amide bonds. The molecule has 6 heteroatoms. The Kier molecular flexibility index (Phi) is 2.87. The largest absolute Gasteiger partial charge is 0.454 e. The molecule has 0 fully saturated rings. The summed E-state index contributed by atoms with van der Waals surface area (Å²) in [6, 6.07) is 9.74. The van der Waals surface area contributed by atoms with Gasteiger partial charge in [0, 0.05) is 22.8 Å². The normalized spacial score (nSPS) is 13.0.